The molecular weight excluding hydrogens is 367 g/mol. The molecule has 6 heteroatoms. The maximum atomic E-state index is 12.8. The number of rotatable bonds is 4. The number of aryl methyl sites for hydroxylation is 2. The van der Waals surface area contributed by atoms with Crippen LogP contribution in [0, 0.1) is 13.8 Å². The lowest BCUT2D eigenvalue weighted by Gasteiger charge is -2.27. The van der Waals surface area contributed by atoms with E-state index < -0.39 is 29.4 Å². The topological polar surface area (TPSA) is 40.5 Å². The summed E-state index contributed by atoms with van der Waals surface area (Å²) in [4.78, 5) is 14.3. The molecule has 0 aliphatic carbocycles. The molecule has 1 amide bonds. The third-order valence-electron chi connectivity index (χ3n) is 5.18. The number of aliphatic hydroxyl groups is 1. The Balaban J connectivity index is 1.93. The van der Waals surface area contributed by atoms with Crippen LogP contribution in [-0.4, -0.2) is 22.0 Å². The van der Waals surface area contributed by atoms with Gasteiger partial charge in [0.2, 0.25) is 0 Å². The maximum Gasteiger partial charge on any atom is 0.416 e. The number of carbonyl (C=O) groups excluding carboxylic acids is 1. The second kappa shape index (κ2) is 7.34. The minimum atomic E-state index is -4.43. The van der Waals surface area contributed by atoms with Crippen molar-refractivity contribution in [3.63, 3.8) is 0 Å². The number of hydrogen-bond acceptors (Lipinski definition) is 2. The summed E-state index contributed by atoms with van der Waals surface area (Å²) in [5.41, 5.74) is 3.18. The predicted molar refractivity (Wildman–Crippen MR) is 102 cm³/mol. The van der Waals surface area contributed by atoms with Gasteiger partial charge in [0.15, 0.2) is 5.76 Å². The first-order valence-electron chi connectivity index (χ1n) is 9.11. The van der Waals surface area contributed by atoms with E-state index >= 15 is 0 Å². The molecule has 1 aliphatic heterocycles. The van der Waals surface area contributed by atoms with Crippen molar-refractivity contribution in [2.45, 2.75) is 46.0 Å². The lowest BCUT2D eigenvalue weighted by Crippen LogP contribution is -2.34. The van der Waals surface area contributed by atoms with E-state index in [9.17, 15) is 23.1 Å². The zero-order valence-electron chi connectivity index (χ0n) is 16.0. The summed E-state index contributed by atoms with van der Waals surface area (Å²) in [6.07, 6.45) is -3.89. The van der Waals surface area contributed by atoms with Gasteiger partial charge < -0.3 is 10.0 Å². The van der Waals surface area contributed by atoms with Crippen molar-refractivity contribution in [3.8, 4) is 0 Å². The van der Waals surface area contributed by atoms with E-state index in [0.29, 0.717) is 24.1 Å². The zero-order chi connectivity index (χ0) is 20.6. The molecule has 0 bridgehead atoms. The van der Waals surface area contributed by atoms with Crippen molar-refractivity contribution in [2.24, 2.45) is 0 Å². The molecule has 2 aromatic rings. The first-order valence-corrected chi connectivity index (χ1v) is 9.11. The Kier molecular flexibility index (Phi) is 5.24. The minimum absolute atomic E-state index is 0.331. The molecule has 1 unspecified atom stereocenters. The molecule has 1 aliphatic rings. The lowest BCUT2D eigenvalue weighted by atomic mass is 9.96. The van der Waals surface area contributed by atoms with E-state index in [1.807, 2.05) is 39.0 Å². The van der Waals surface area contributed by atoms with Gasteiger partial charge in [0.05, 0.1) is 11.6 Å². The molecule has 0 aromatic heterocycles. The standard InChI is InChI=1S/C22H22F3NO2/c1-4-18-19(15-7-9-17(10-8-15)22(23,24)25)20(27)21(28)26(18)12-16-6-5-13(2)11-14(16)3/h5-11,18,27H,4,12H2,1-3H3. The average Bonchev–Trinajstić information content (AvgIpc) is 2.87. The van der Waals surface area contributed by atoms with E-state index in [1.165, 1.54) is 12.1 Å². The summed E-state index contributed by atoms with van der Waals surface area (Å²) < 4.78 is 38.5. The highest BCUT2D eigenvalue weighted by Crippen LogP contribution is 2.37. The molecule has 148 valence electrons. The fraction of sp³-hybridized carbons (Fsp3) is 0.318. The van der Waals surface area contributed by atoms with Crippen LogP contribution in [0.15, 0.2) is 48.2 Å². The Hall–Kier alpha value is -2.76. The lowest BCUT2D eigenvalue weighted by molar-refractivity contribution is -0.137. The van der Waals surface area contributed by atoms with Crippen LogP contribution in [-0.2, 0) is 17.5 Å². The quantitative estimate of drug-likeness (QED) is 0.759. The summed E-state index contributed by atoms with van der Waals surface area (Å²) in [5, 5.41) is 10.5. The van der Waals surface area contributed by atoms with Gasteiger partial charge in [-0.2, -0.15) is 13.2 Å². The fourth-order valence-electron chi connectivity index (χ4n) is 3.69. The van der Waals surface area contributed by atoms with Crippen LogP contribution in [0.1, 0.15) is 41.2 Å². The molecule has 28 heavy (non-hydrogen) atoms. The van der Waals surface area contributed by atoms with E-state index in [2.05, 4.69) is 0 Å². The van der Waals surface area contributed by atoms with Crippen LogP contribution in [0.2, 0.25) is 0 Å². The fourth-order valence-corrected chi connectivity index (χ4v) is 3.69. The summed E-state index contributed by atoms with van der Waals surface area (Å²) in [6, 6.07) is 10.1. The molecule has 0 saturated carbocycles. The van der Waals surface area contributed by atoms with Gasteiger partial charge in [0.25, 0.3) is 5.91 Å². The normalized spacial score (nSPS) is 17.6. The second-order valence-electron chi connectivity index (χ2n) is 7.12. The summed E-state index contributed by atoms with van der Waals surface area (Å²) in [7, 11) is 0. The number of benzene rings is 2. The number of halogens is 3. The van der Waals surface area contributed by atoms with Crippen molar-refractivity contribution in [2.75, 3.05) is 0 Å². The van der Waals surface area contributed by atoms with Crippen molar-refractivity contribution < 1.29 is 23.1 Å². The molecule has 0 radical (unpaired) electrons. The maximum absolute atomic E-state index is 12.8. The highest BCUT2D eigenvalue weighted by Gasteiger charge is 2.39. The van der Waals surface area contributed by atoms with Gasteiger partial charge in [0.1, 0.15) is 0 Å². The molecule has 1 atom stereocenters. The smallest absolute Gasteiger partial charge is 0.416 e. The van der Waals surface area contributed by atoms with Crippen LogP contribution in [0.4, 0.5) is 13.2 Å². The third-order valence-corrected chi connectivity index (χ3v) is 5.18. The van der Waals surface area contributed by atoms with Crippen LogP contribution in [0.5, 0.6) is 0 Å². The van der Waals surface area contributed by atoms with Crippen LogP contribution >= 0.6 is 0 Å². The summed E-state index contributed by atoms with van der Waals surface area (Å²) >= 11 is 0. The average molecular weight is 389 g/mol. The first kappa shape index (κ1) is 20.0. The highest BCUT2D eigenvalue weighted by atomic mass is 19.4. The van der Waals surface area contributed by atoms with Crippen molar-refractivity contribution in [1.82, 2.24) is 4.90 Å². The van der Waals surface area contributed by atoms with Crippen molar-refractivity contribution >= 4 is 11.5 Å². The van der Waals surface area contributed by atoms with Crippen LogP contribution < -0.4 is 0 Å². The van der Waals surface area contributed by atoms with Crippen LogP contribution in [0.25, 0.3) is 5.57 Å². The molecule has 1 N–H and O–H groups in total. The van der Waals surface area contributed by atoms with Gasteiger partial charge in [-0.1, -0.05) is 42.8 Å². The summed E-state index contributed by atoms with van der Waals surface area (Å²) in [5.74, 6) is -0.891. The monoisotopic (exact) mass is 389 g/mol. The van der Waals surface area contributed by atoms with E-state index in [1.54, 1.807) is 4.90 Å². The molecule has 1 heterocycles. The van der Waals surface area contributed by atoms with Gasteiger partial charge in [-0.25, -0.2) is 0 Å². The number of hydrogen-bond donors (Lipinski definition) is 1. The number of alkyl halides is 3. The SMILES string of the molecule is CCC1C(c2ccc(C(F)(F)F)cc2)=C(O)C(=O)N1Cc1ccc(C)cc1C. The van der Waals surface area contributed by atoms with Crippen molar-refractivity contribution in [1.29, 1.82) is 0 Å². The molecule has 3 nitrogen and oxygen atoms in total. The number of aliphatic hydroxyl groups excluding tert-OH is 1. The predicted octanol–water partition coefficient (Wildman–Crippen LogP) is 5.41. The molecule has 3 rings (SSSR count). The first-order chi connectivity index (χ1) is 13.1. The molecular formula is C22H22F3NO2. The number of carbonyl (C=O) groups is 1. The Labute approximate surface area is 162 Å². The zero-order valence-corrected chi connectivity index (χ0v) is 16.0. The Morgan fingerprint density at radius 3 is 2.25 bits per heavy atom. The van der Waals surface area contributed by atoms with Gasteiger partial charge >= 0.3 is 6.18 Å². The van der Waals surface area contributed by atoms with Crippen molar-refractivity contribution in [3.05, 3.63) is 76.0 Å². The van der Waals surface area contributed by atoms with Gasteiger partial charge in [-0.3, -0.25) is 4.79 Å². The Bertz CT molecular complexity index is 930. The third kappa shape index (κ3) is 3.63. The van der Waals surface area contributed by atoms with E-state index in [4.69, 9.17) is 0 Å². The Morgan fingerprint density at radius 1 is 1.07 bits per heavy atom. The Morgan fingerprint density at radius 2 is 1.71 bits per heavy atom. The number of nitrogens with zero attached hydrogens (tertiary/aromatic N) is 1. The number of amides is 1. The molecule has 2 aromatic carbocycles. The molecule has 0 saturated heterocycles. The highest BCUT2D eigenvalue weighted by molar-refractivity contribution is 6.05. The molecule has 0 spiro atoms. The van der Waals surface area contributed by atoms with Crippen LogP contribution in [0.3, 0.4) is 0 Å². The van der Waals surface area contributed by atoms with E-state index in [-0.39, 0.29) is 0 Å². The van der Waals surface area contributed by atoms with Gasteiger partial charge in [-0.05, 0) is 49.1 Å². The molecule has 0 fully saturated rings. The van der Waals surface area contributed by atoms with Gasteiger partial charge in [-0.15, -0.1) is 0 Å². The largest absolute Gasteiger partial charge is 0.503 e. The van der Waals surface area contributed by atoms with E-state index in [0.717, 1.165) is 28.8 Å². The minimum Gasteiger partial charge on any atom is -0.503 e. The second-order valence-corrected chi connectivity index (χ2v) is 7.12. The summed E-state index contributed by atoms with van der Waals surface area (Å²) in [6.45, 7) is 6.17. The van der Waals surface area contributed by atoms with Gasteiger partial charge in [0, 0.05) is 12.1 Å².